The van der Waals surface area contributed by atoms with Crippen molar-refractivity contribution < 1.29 is 27.8 Å². The van der Waals surface area contributed by atoms with E-state index in [-0.39, 0.29) is 18.0 Å². The smallest absolute Gasteiger partial charge is 0.308 e. The first-order valence-corrected chi connectivity index (χ1v) is 12.3. The summed E-state index contributed by atoms with van der Waals surface area (Å²) in [6.45, 7) is 1.10. The maximum atomic E-state index is 13.8. The van der Waals surface area contributed by atoms with Crippen LogP contribution in [0, 0.1) is 41.1 Å². The van der Waals surface area contributed by atoms with Crippen LogP contribution >= 0.6 is 11.6 Å². The number of likely N-dealkylation sites (tertiary alicyclic amines) is 1. The summed E-state index contributed by atoms with van der Waals surface area (Å²) in [5.41, 5.74) is 1.42. The summed E-state index contributed by atoms with van der Waals surface area (Å²) in [5, 5.41) is 11.3. The molecule has 194 valence electrons. The summed E-state index contributed by atoms with van der Waals surface area (Å²) >= 11 is 6.46. The molecule has 0 aliphatic carbocycles. The zero-order chi connectivity index (χ0) is 26.5. The van der Waals surface area contributed by atoms with Gasteiger partial charge >= 0.3 is 5.97 Å². The molecule has 5 nitrogen and oxygen atoms in total. The standard InChI is InChI=1S/C28H26ClF3N2O3/c1-37-20-7-8-26-22(14-20)21(24(29)15-33-26)6-2-4-17-9-11-34(16-23(17)28(35)36)10-3-5-18-12-19(30)13-25(31)27(18)32/h7-8,12-15,17,23H,2,4,6,9-11,16H2,1H3,(H,35,36)/t17-,23+/m0/s1. The maximum absolute atomic E-state index is 13.8. The van der Waals surface area contributed by atoms with E-state index in [1.165, 1.54) is 0 Å². The number of carboxylic acid groups (broad SMARTS) is 1. The lowest BCUT2D eigenvalue weighted by Gasteiger charge is -2.35. The van der Waals surface area contributed by atoms with Crippen molar-refractivity contribution in [2.24, 2.45) is 11.8 Å². The molecule has 0 bridgehead atoms. The van der Waals surface area contributed by atoms with Crippen LogP contribution in [0.4, 0.5) is 13.2 Å². The molecule has 37 heavy (non-hydrogen) atoms. The highest BCUT2D eigenvalue weighted by Crippen LogP contribution is 2.32. The fourth-order valence-corrected chi connectivity index (χ4v) is 5.10. The molecule has 1 N–H and O–H groups in total. The average Bonchev–Trinajstić information content (AvgIpc) is 2.88. The number of carbonyl (C=O) groups is 1. The number of ether oxygens (including phenoxy) is 1. The number of hydrogen-bond donors (Lipinski definition) is 1. The minimum Gasteiger partial charge on any atom is -0.497 e. The van der Waals surface area contributed by atoms with Gasteiger partial charge in [-0.1, -0.05) is 23.4 Å². The number of piperidine rings is 1. The lowest BCUT2D eigenvalue weighted by Crippen LogP contribution is -2.44. The molecule has 2 aromatic carbocycles. The first kappa shape index (κ1) is 26.8. The van der Waals surface area contributed by atoms with Crippen molar-refractivity contribution in [3.63, 3.8) is 0 Å². The van der Waals surface area contributed by atoms with Gasteiger partial charge in [0, 0.05) is 24.2 Å². The van der Waals surface area contributed by atoms with Crippen molar-refractivity contribution in [1.29, 1.82) is 0 Å². The Kier molecular flexibility index (Phi) is 8.57. The van der Waals surface area contributed by atoms with Gasteiger partial charge in [0.15, 0.2) is 11.6 Å². The molecular weight excluding hydrogens is 505 g/mol. The van der Waals surface area contributed by atoms with Crippen molar-refractivity contribution in [3.05, 3.63) is 70.1 Å². The third-order valence-electron chi connectivity index (χ3n) is 6.81. The van der Waals surface area contributed by atoms with Gasteiger partial charge in [-0.2, -0.15) is 0 Å². The summed E-state index contributed by atoms with van der Waals surface area (Å²) in [5.74, 6) is 1.01. The normalized spacial score (nSPS) is 17.9. The predicted octanol–water partition coefficient (Wildman–Crippen LogP) is 5.71. The average molecular weight is 531 g/mol. The van der Waals surface area contributed by atoms with Crippen LogP contribution in [0.5, 0.6) is 5.75 Å². The quantitative estimate of drug-likeness (QED) is 0.313. The third kappa shape index (κ3) is 6.35. The molecule has 1 aliphatic heterocycles. The summed E-state index contributed by atoms with van der Waals surface area (Å²) in [6, 6.07) is 6.94. The van der Waals surface area contributed by atoms with E-state index in [9.17, 15) is 23.1 Å². The molecule has 3 aromatic rings. The largest absolute Gasteiger partial charge is 0.497 e. The van der Waals surface area contributed by atoms with Gasteiger partial charge in [-0.05, 0) is 68.0 Å². The molecule has 1 fully saturated rings. The molecule has 0 amide bonds. The molecule has 9 heteroatoms. The van der Waals surface area contributed by atoms with E-state index in [2.05, 4.69) is 16.8 Å². The van der Waals surface area contributed by atoms with E-state index in [1.54, 1.807) is 13.3 Å². The Bertz CT molecular complexity index is 1370. The highest BCUT2D eigenvalue weighted by Gasteiger charge is 2.33. The van der Waals surface area contributed by atoms with Crippen molar-refractivity contribution >= 4 is 28.5 Å². The van der Waals surface area contributed by atoms with Crippen molar-refractivity contribution in [2.75, 3.05) is 26.7 Å². The van der Waals surface area contributed by atoms with E-state index in [1.807, 2.05) is 23.1 Å². The molecule has 2 atom stereocenters. The number of halogens is 4. The van der Waals surface area contributed by atoms with Gasteiger partial charge in [0.2, 0.25) is 0 Å². The number of carboxylic acids is 1. The first-order chi connectivity index (χ1) is 17.8. The molecule has 0 saturated carbocycles. The van der Waals surface area contributed by atoms with Crippen LogP contribution < -0.4 is 4.74 Å². The van der Waals surface area contributed by atoms with Crippen LogP contribution in [0.2, 0.25) is 5.02 Å². The van der Waals surface area contributed by atoms with Gasteiger partial charge in [0.1, 0.15) is 11.6 Å². The maximum Gasteiger partial charge on any atom is 0.308 e. The van der Waals surface area contributed by atoms with Gasteiger partial charge in [-0.25, -0.2) is 13.2 Å². The molecule has 0 radical (unpaired) electrons. The first-order valence-electron chi connectivity index (χ1n) is 12.0. The van der Waals surface area contributed by atoms with Crippen molar-refractivity contribution in [1.82, 2.24) is 9.88 Å². The fraction of sp³-hybridized carbons (Fsp3) is 0.357. The van der Waals surface area contributed by atoms with Crippen LogP contribution in [0.3, 0.4) is 0 Å². The number of aromatic nitrogens is 1. The molecule has 0 spiro atoms. The summed E-state index contributed by atoms with van der Waals surface area (Å²) in [6.07, 6.45) is 4.46. The second kappa shape index (κ2) is 11.8. The van der Waals surface area contributed by atoms with Crippen LogP contribution in [0.1, 0.15) is 30.4 Å². The number of pyridine rings is 1. The Balaban J connectivity index is 1.38. The minimum absolute atomic E-state index is 0.0159. The Morgan fingerprint density at radius 2 is 2.08 bits per heavy atom. The van der Waals surface area contributed by atoms with Crippen LogP contribution in [0.25, 0.3) is 10.9 Å². The van der Waals surface area contributed by atoms with Crippen molar-refractivity contribution in [2.45, 2.75) is 25.7 Å². The fourth-order valence-electron chi connectivity index (χ4n) is 4.85. The zero-order valence-corrected chi connectivity index (χ0v) is 21.0. The van der Waals surface area contributed by atoms with Crippen LogP contribution in [-0.4, -0.2) is 47.7 Å². The number of fused-ring (bicyclic) bond motifs is 1. The predicted molar refractivity (Wildman–Crippen MR) is 135 cm³/mol. The topological polar surface area (TPSA) is 62.7 Å². The number of hydrogen-bond acceptors (Lipinski definition) is 4. The van der Waals surface area contributed by atoms with Crippen LogP contribution in [-0.2, 0) is 11.2 Å². The Morgan fingerprint density at radius 1 is 1.27 bits per heavy atom. The number of aryl methyl sites for hydroxylation is 1. The zero-order valence-electron chi connectivity index (χ0n) is 20.2. The number of nitrogens with zero attached hydrogens (tertiary/aromatic N) is 2. The highest BCUT2D eigenvalue weighted by molar-refractivity contribution is 6.32. The summed E-state index contributed by atoms with van der Waals surface area (Å²) < 4.78 is 45.9. The lowest BCUT2D eigenvalue weighted by atomic mass is 9.81. The van der Waals surface area contributed by atoms with Gasteiger partial charge in [-0.3, -0.25) is 14.7 Å². The summed E-state index contributed by atoms with van der Waals surface area (Å²) in [4.78, 5) is 18.3. The van der Waals surface area contributed by atoms with E-state index in [0.29, 0.717) is 49.2 Å². The van der Waals surface area contributed by atoms with Crippen molar-refractivity contribution in [3.8, 4) is 17.6 Å². The number of methoxy groups -OCH3 is 1. The molecule has 0 unspecified atom stereocenters. The molecule has 1 aliphatic rings. The second-order valence-corrected chi connectivity index (χ2v) is 9.55. The van der Waals surface area contributed by atoms with Gasteiger partial charge in [0.25, 0.3) is 0 Å². The number of aliphatic carboxylic acids is 1. The molecule has 2 heterocycles. The molecule has 4 rings (SSSR count). The van der Waals surface area contributed by atoms with Gasteiger partial charge in [0.05, 0.1) is 35.7 Å². The Hall–Kier alpha value is -3.28. The van der Waals surface area contributed by atoms with Gasteiger partial charge < -0.3 is 9.84 Å². The minimum atomic E-state index is -1.30. The molecular formula is C28H26ClF3N2O3. The van der Waals surface area contributed by atoms with E-state index in [4.69, 9.17) is 16.3 Å². The molecule has 1 saturated heterocycles. The highest BCUT2D eigenvalue weighted by atomic mass is 35.5. The van der Waals surface area contributed by atoms with Crippen LogP contribution in [0.15, 0.2) is 36.5 Å². The Morgan fingerprint density at radius 3 is 2.84 bits per heavy atom. The Labute approximate surface area is 218 Å². The third-order valence-corrected chi connectivity index (χ3v) is 7.14. The second-order valence-electron chi connectivity index (χ2n) is 9.14. The number of benzene rings is 2. The monoisotopic (exact) mass is 530 g/mol. The van der Waals surface area contributed by atoms with E-state index >= 15 is 0 Å². The molecule has 1 aromatic heterocycles. The lowest BCUT2D eigenvalue weighted by molar-refractivity contribution is -0.146. The van der Waals surface area contributed by atoms with E-state index in [0.717, 1.165) is 29.0 Å². The summed E-state index contributed by atoms with van der Waals surface area (Å²) in [7, 11) is 1.60. The van der Waals surface area contributed by atoms with Gasteiger partial charge in [-0.15, -0.1) is 0 Å². The number of rotatable bonds is 7. The van der Waals surface area contributed by atoms with E-state index < -0.39 is 29.3 Å². The SMILES string of the molecule is COc1ccc2ncc(Cl)c(CCC[C@H]3CCN(CC#Cc4cc(F)cc(F)c4F)C[C@H]3C(=O)O)c2c1.